The van der Waals surface area contributed by atoms with Crippen LogP contribution in [0.1, 0.15) is 0 Å². The van der Waals surface area contributed by atoms with E-state index in [4.69, 9.17) is 5.73 Å². The number of hydrogen-bond acceptors (Lipinski definition) is 10. The monoisotopic (exact) mass is 456 g/mol. The van der Waals surface area contributed by atoms with Crippen molar-refractivity contribution in [2.24, 2.45) is 0 Å². The van der Waals surface area contributed by atoms with Gasteiger partial charge in [-0.05, 0) is 19.2 Å². The topological polar surface area (TPSA) is 139 Å². The lowest BCUT2D eigenvalue weighted by Crippen LogP contribution is -2.46. The number of pyridine rings is 1. The van der Waals surface area contributed by atoms with Gasteiger partial charge < -0.3 is 10.6 Å². The molecule has 1 aliphatic rings. The number of nitrogen functional groups attached to an aromatic ring is 1. The Morgan fingerprint density at radius 2 is 1.86 bits per heavy atom. The maximum atomic E-state index is 12.2. The number of anilines is 2. The van der Waals surface area contributed by atoms with Crippen molar-refractivity contribution in [3.8, 4) is 11.2 Å². The number of aromatic nitrogens is 2. The van der Waals surface area contributed by atoms with Crippen LogP contribution in [0.2, 0.25) is 0 Å². The van der Waals surface area contributed by atoms with Gasteiger partial charge in [-0.25, -0.2) is 31.5 Å². The molecule has 0 aromatic carbocycles. The van der Waals surface area contributed by atoms with Crippen molar-refractivity contribution in [3.05, 3.63) is 24.5 Å². The van der Waals surface area contributed by atoms with Gasteiger partial charge >= 0.3 is 0 Å². The van der Waals surface area contributed by atoms with Crippen LogP contribution in [-0.2, 0) is 19.9 Å². The van der Waals surface area contributed by atoms with E-state index in [1.165, 1.54) is 31.6 Å². The molecule has 3 rings (SSSR count). The summed E-state index contributed by atoms with van der Waals surface area (Å²) in [5.74, 6) is 2.95. The number of nitrogens with zero attached hydrogens (tertiary/aromatic N) is 4. The summed E-state index contributed by atoms with van der Waals surface area (Å²) in [6, 6.07) is 2.79. The van der Waals surface area contributed by atoms with Crippen molar-refractivity contribution in [1.29, 1.82) is 0 Å². The minimum atomic E-state index is -3.73. The van der Waals surface area contributed by atoms with Gasteiger partial charge in [-0.1, -0.05) is 17.3 Å². The van der Waals surface area contributed by atoms with Crippen LogP contribution in [0.25, 0.3) is 0 Å². The van der Waals surface area contributed by atoms with Gasteiger partial charge in [-0.3, -0.25) is 4.90 Å². The molecular formula is C16H20N6O4S3. The van der Waals surface area contributed by atoms with E-state index in [9.17, 15) is 16.8 Å². The zero-order valence-corrected chi connectivity index (χ0v) is 18.0. The molecule has 0 atom stereocenters. The van der Waals surface area contributed by atoms with Crippen LogP contribution >= 0.6 is 11.3 Å². The van der Waals surface area contributed by atoms with Crippen LogP contribution in [0, 0.1) is 11.2 Å². The molecule has 1 aliphatic heterocycles. The first kappa shape index (κ1) is 21.5. The molecule has 29 heavy (non-hydrogen) atoms. The molecule has 0 spiro atoms. The molecular weight excluding hydrogens is 436 g/mol. The quantitative estimate of drug-likeness (QED) is 0.454. The minimum Gasteiger partial charge on any atom is -0.384 e. The highest BCUT2D eigenvalue weighted by Crippen LogP contribution is 2.26. The lowest BCUT2D eigenvalue weighted by molar-refractivity contribution is 0.288. The third-order valence-electron chi connectivity index (χ3n) is 4.23. The number of thiazole rings is 1. The first-order chi connectivity index (χ1) is 13.7. The standard InChI is InChI=1S/C16H20N6O4S3/c1-18-29(25,26)15-12-20-16(27-15)22-8-6-21(7-9-22)5-2-10-28(23,24)13-3-4-14(17)19-11-13/h3-4,11-12,18H,5-9H2,1H3,(H2,17,19). The summed E-state index contributed by atoms with van der Waals surface area (Å²) in [6.45, 7) is 2.91. The van der Waals surface area contributed by atoms with E-state index >= 15 is 0 Å². The van der Waals surface area contributed by atoms with Crippen LogP contribution in [0.4, 0.5) is 10.9 Å². The summed E-state index contributed by atoms with van der Waals surface area (Å²) in [5.41, 5.74) is 5.46. The maximum absolute atomic E-state index is 12.2. The molecule has 0 saturated carbocycles. The third-order valence-corrected chi connectivity index (χ3v) is 8.44. The fourth-order valence-corrected chi connectivity index (χ4v) is 5.39. The Kier molecular flexibility index (Phi) is 6.39. The molecule has 0 radical (unpaired) electrons. The van der Waals surface area contributed by atoms with Gasteiger partial charge in [0.1, 0.15) is 5.82 Å². The highest BCUT2D eigenvalue weighted by Gasteiger charge is 2.22. The fourth-order valence-electron chi connectivity index (χ4n) is 2.57. The van der Waals surface area contributed by atoms with Crippen molar-refractivity contribution < 1.29 is 16.8 Å². The summed E-state index contributed by atoms with van der Waals surface area (Å²) in [5, 5.41) is 2.96. The summed E-state index contributed by atoms with van der Waals surface area (Å²) < 4.78 is 50.5. The first-order valence-corrected chi connectivity index (χ1v) is 12.3. The van der Waals surface area contributed by atoms with Crippen molar-refractivity contribution in [2.45, 2.75) is 9.10 Å². The van der Waals surface area contributed by atoms with Gasteiger partial charge in [0.15, 0.2) is 9.34 Å². The highest BCUT2D eigenvalue weighted by atomic mass is 32.2. The zero-order valence-electron chi connectivity index (χ0n) is 15.6. The second kappa shape index (κ2) is 8.64. The Labute approximate surface area is 173 Å². The third kappa shape index (κ3) is 5.22. The van der Waals surface area contributed by atoms with Gasteiger partial charge in [-0.15, -0.1) is 0 Å². The maximum Gasteiger partial charge on any atom is 0.251 e. The Bertz CT molecular complexity index is 1130. The molecule has 0 unspecified atom stereocenters. The van der Waals surface area contributed by atoms with Gasteiger partial charge in [0.05, 0.1) is 17.6 Å². The van der Waals surface area contributed by atoms with E-state index in [0.29, 0.717) is 37.9 Å². The van der Waals surface area contributed by atoms with E-state index in [1.807, 2.05) is 9.80 Å². The molecule has 156 valence electrons. The van der Waals surface area contributed by atoms with E-state index in [-0.39, 0.29) is 14.9 Å². The Balaban J connectivity index is 1.56. The summed E-state index contributed by atoms with van der Waals surface area (Å²) >= 11 is 1.12. The van der Waals surface area contributed by atoms with E-state index in [2.05, 4.69) is 25.9 Å². The van der Waals surface area contributed by atoms with Crippen molar-refractivity contribution in [3.63, 3.8) is 0 Å². The molecule has 3 heterocycles. The predicted molar refractivity (Wildman–Crippen MR) is 111 cm³/mol. The van der Waals surface area contributed by atoms with Crippen molar-refractivity contribution in [1.82, 2.24) is 19.6 Å². The lowest BCUT2D eigenvalue weighted by Gasteiger charge is -2.33. The average Bonchev–Trinajstić information content (AvgIpc) is 3.20. The van der Waals surface area contributed by atoms with Crippen LogP contribution in [0.3, 0.4) is 0 Å². The van der Waals surface area contributed by atoms with Gasteiger partial charge in [-0.2, -0.15) is 0 Å². The molecule has 13 heteroatoms. The van der Waals surface area contributed by atoms with E-state index in [1.54, 1.807) is 0 Å². The number of sulfonamides is 1. The van der Waals surface area contributed by atoms with Gasteiger partial charge in [0, 0.05) is 37.6 Å². The SMILES string of the molecule is CNS(=O)(=O)c1cnc(N2CCN(CC#CS(=O)(=O)c3ccc(N)nc3)CC2)s1. The van der Waals surface area contributed by atoms with Crippen molar-refractivity contribution >= 4 is 42.1 Å². The summed E-state index contributed by atoms with van der Waals surface area (Å²) in [7, 11) is -5.87. The number of piperazine rings is 1. The molecule has 1 saturated heterocycles. The number of sulfone groups is 1. The second-order valence-electron chi connectivity index (χ2n) is 6.13. The largest absolute Gasteiger partial charge is 0.384 e. The minimum absolute atomic E-state index is 0.0140. The fraction of sp³-hybridized carbons (Fsp3) is 0.375. The van der Waals surface area contributed by atoms with Gasteiger partial charge in [0.2, 0.25) is 9.84 Å². The van der Waals surface area contributed by atoms with Gasteiger partial charge in [0.25, 0.3) is 10.0 Å². The van der Waals surface area contributed by atoms with Crippen LogP contribution in [-0.4, -0.2) is 71.5 Å². The number of hydrogen-bond donors (Lipinski definition) is 2. The van der Waals surface area contributed by atoms with Crippen LogP contribution in [0.15, 0.2) is 33.6 Å². The Hall–Kier alpha value is -2.24. The molecule has 2 aromatic heterocycles. The van der Waals surface area contributed by atoms with Crippen molar-refractivity contribution in [2.75, 3.05) is 50.4 Å². The molecule has 3 N–H and O–H groups in total. The first-order valence-electron chi connectivity index (χ1n) is 8.54. The zero-order chi connectivity index (χ0) is 21.1. The number of nitrogens with one attached hydrogen (secondary N) is 1. The molecule has 0 aliphatic carbocycles. The molecule has 2 aromatic rings. The summed E-state index contributed by atoms with van der Waals surface area (Å²) in [4.78, 5) is 12.0. The highest BCUT2D eigenvalue weighted by molar-refractivity contribution is 7.96. The molecule has 0 bridgehead atoms. The Morgan fingerprint density at radius 3 is 2.48 bits per heavy atom. The van der Waals surface area contributed by atoms with E-state index in [0.717, 1.165) is 11.3 Å². The normalized spacial score (nSPS) is 15.7. The predicted octanol–water partition coefficient (Wildman–Crippen LogP) is -0.415. The van der Waals surface area contributed by atoms with Crippen LogP contribution < -0.4 is 15.4 Å². The number of nitrogens with two attached hydrogens (primary N) is 1. The van der Waals surface area contributed by atoms with E-state index < -0.39 is 19.9 Å². The Morgan fingerprint density at radius 1 is 1.14 bits per heavy atom. The molecule has 0 amide bonds. The summed E-state index contributed by atoms with van der Waals surface area (Å²) in [6.07, 6.45) is 2.54. The van der Waals surface area contributed by atoms with Crippen LogP contribution in [0.5, 0.6) is 0 Å². The molecule has 1 fully saturated rings. The average molecular weight is 457 g/mol. The molecule has 10 nitrogen and oxygen atoms in total. The number of rotatable bonds is 5. The smallest absolute Gasteiger partial charge is 0.251 e. The lowest BCUT2D eigenvalue weighted by atomic mass is 10.3. The second-order valence-corrected chi connectivity index (χ2v) is 10.9.